The van der Waals surface area contributed by atoms with Crippen molar-refractivity contribution in [3.63, 3.8) is 0 Å². The summed E-state index contributed by atoms with van der Waals surface area (Å²) in [6, 6.07) is 0. The average molecular weight is 1470 g/mol. The molecule has 0 aromatic carbocycles. The third-order valence-corrected chi connectivity index (χ3v) is 21.1. The molecule has 0 heterocycles. The molecule has 0 aliphatic heterocycles. The van der Waals surface area contributed by atoms with Gasteiger partial charge in [-0.2, -0.15) is 0 Å². The molecular weight excluding hydrogens is 1310 g/mol. The standard InChI is InChI=1S/C81H158O17P2/c1-8-10-11-12-13-14-15-16-17-18-19-22-25-30-35-40-48-55-62-78(83)91-68-76(97-80(85)64-57-50-41-36-31-26-23-20-21-24-28-33-38-45-52-59-72(3)4)70-95-99(87,88)93-66-75(82)67-94-100(89,90)96-71-77(69-92-79(84)63-56-49-44-43-47-54-61-74(7)9-2)98-81(86)65-58-51-42-37-32-27-29-34-39-46-53-60-73(5)6/h72-77,82H,8-71H2,1-7H3,(H,87,88)(H,89,90)/t74?,75-,76-,77-/m1/s1. The average Bonchev–Trinajstić information content (AvgIpc) is 0.966. The van der Waals surface area contributed by atoms with E-state index in [-0.39, 0.29) is 25.7 Å². The summed E-state index contributed by atoms with van der Waals surface area (Å²) in [6.07, 6.45) is 59.7. The molecular formula is C81H158O17P2. The minimum absolute atomic E-state index is 0.106. The van der Waals surface area contributed by atoms with Gasteiger partial charge in [0.2, 0.25) is 0 Å². The largest absolute Gasteiger partial charge is 0.472 e. The number of carbonyl (C=O) groups excluding carboxylic acids is 4. The fourth-order valence-electron chi connectivity index (χ4n) is 12.5. The van der Waals surface area contributed by atoms with Crippen LogP contribution in [0.3, 0.4) is 0 Å². The number of carbonyl (C=O) groups is 4. The van der Waals surface area contributed by atoms with Crippen LogP contribution in [0.25, 0.3) is 0 Å². The number of esters is 4. The number of phosphoric acid groups is 2. The fourth-order valence-corrected chi connectivity index (χ4v) is 14.0. The molecule has 0 spiro atoms. The van der Waals surface area contributed by atoms with Crippen LogP contribution in [0.1, 0.15) is 421 Å². The van der Waals surface area contributed by atoms with E-state index in [0.717, 1.165) is 114 Å². The fraction of sp³-hybridized carbons (Fsp3) is 0.951. The van der Waals surface area contributed by atoms with Gasteiger partial charge in [0.05, 0.1) is 26.4 Å². The molecule has 3 N–H and O–H groups in total. The van der Waals surface area contributed by atoms with Crippen LogP contribution in [0.15, 0.2) is 0 Å². The topological polar surface area (TPSA) is 237 Å². The first-order valence-corrected chi connectivity index (χ1v) is 44.9. The Labute approximate surface area is 613 Å². The predicted molar refractivity (Wildman–Crippen MR) is 409 cm³/mol. The van der Waals surface area contributed by atoms with Crippen molar-refractivity contribution in [2.24, 2.45) is 17.8 Å². The molecule has 0 bridgehead atoms. The molecule has 0 fully saturated rings. The third kappa shape index (κ3) is 73.0. The summed E-state index contributed by atoms with van der Waals surface area (Å²) < 4.78 is 68.7. The summed E-state index contributed by atoms with van der Waals surface area (Å²) in [5, 5.41) is 10.6. The Morgan fingerprint density at radius 3 is 0.760 bits per heavy atom. The van der Waals surface area contributed by atoms with Crippen molar-refractivity contribution in [1.29, 1.82) is 0 Å². The number of unbranched alkanes of at least 4 members (excludes halogenated alkanes) is 46. The molecule has 3 unspecified atom stereocenters. The van der Waals surface area contributed by atoms with Crippen molar-refractivity contribution in [1.82, 2.24) is 0 Å². The first kappa shape index (κ1) is 98.1. The number of rotatable bonds is 79. The number of hydrogen-bond donors (Lipinski definition) is 3. The van der Waals surface area contributed by atoms with Crippen molar-refractivity contribution in [2.45, 2.75) is 439 Å². The van der Waals surface area contributed by atoms with Gasteiger partial charge in [0.15, 0.2) is 12.2 Å². The second-order valence-electron chi connectivity index (χ2n) is 30.4. The van der Waals surface area contributed by atoms with Crippen LogP contribution >= 0.6 is 15.6 Å². The summed E-state index contributed by atoms with van der Waals surface area (Å²) in [4.78, 5) is 73.0. The molecule has 0 radical (unpaired) electrons. The monoisotopic (exact) mass is 1470 g/mol. The maximum atomic E-state index is 13.1. The zero-order valence-corrected chi connectivity index (χ0v) is 67.5. The van der Waals surface area contributed by atoms with Crippen LogP contribution in [0.2, 0.25) is 0 Å². The van der Waals surface area contributed by atoms with E-state index < -0.39 is 97.5 Å². The van der Waals surface area contributed by atoms with Gasteiger partial charge >= 0.3 is 39.5 Å². The van der Waals surface area contributed by atoms with E-state index in [1.807, 2.05) is 0 Å². The molecule has 19 heteroatoms. The minimum atomic E-state index is -4.96. The van der Waals surface area contributed by atoms with Gasteiger partial charge in [-0.15, -0.1) is 0 Å². The molecule has 0 saturated heterocycles. The maximum Gasteiger partial charge on any atom is 0.472 e. The Hall–Kier alpha value is -1.94. The van der Waals surface area contributed by atoms with Crippen molar-refractivity contribution in [3.8, 4) is 0 Å². The van der Waals surface area contributed by atoms with E-state index in [4.69, 9.17) is 37.0 Å². The second kappa shape index (κ2) is 71.3. The van der Waals surface area contributed by atoms with Crippen LogP contribution in [0.5, 0.6) is 0 Å². The SMILES string of the molecule is CCCCCCCCCCCCCCCCCCCCC(=O)OC[C@H](COP(=O)(O)OC[C@@H](O)COP(=O)(O)OC[C@@H](COC(=O)CCCCCCCCC(C)CC)OC(=O)CCCCCCCCCCCCCC(C)C)OC(=O)CCCCCCCCCCCCCCCCCC(C)C. The normalized spacial score (nSPS) is 14.2. The van der Waals surface area contributed by atoms with Crippen molar-refractivity contribution in [2.75, 3.05) is 39.6 Å². The molecule has 0 saturated carbocycles. The van der Waals surface area contributed by atoms with Crippen molar-refractivity contribution in [3.05, 3.63) is 0 Å². The smallest absolute Gasteiger partial charge is 0.462 e. The van der Waals surface area contributed by atoms with E-state index in [0.29, 0.717) is 25.7 Å². The summed E-state index contributed by atoms with van der Waals surface area (Å²) >= 11 is 0. The highest BCUT2D eigenvalue weighted by Crippen LogP contribution is 2.45. The van der Waals surface area contributed by atoms with Crippen LogP contribution in [-0.2, 0) is 65.4 Å². The molecule has 0 aromatic rings. The van der Waals surface area contributed by atoms with E-state index >= 15 is 0 Å². The van der Waals surface area contributed by atoms with Crippen molar-refractivity contribution >= 4 is 39.5 Å². The number of phosphoric ester groups is 2. The highest BCUT2D eigenvalue weighted by molar-refractivity contribution is 7.47. The molecule has 0 aliphatic rings. The second-order valence-corrected chi connectivity index (χ2v) is 33.3. The summed E-state index contributed by atoms with van der Waals surface area (Å²) in [6.45, 7) is 11.9. The molecule has 6 atom stereocenters. The highest BCUT2D eigenvalue weighted by Gasteiger charge is 2.30. The quantitative estimate of drug-likeness (QED) is 0.0222. The molecule has 0 aromatic heterocycles. The van der Waals surface area contributed by atoms with Gasteiger partial charge in [0, 0.05) is 25.7 Å². The van der Waals surface area contributed by atoms with Crippen LogP contribution in [0, 0.1) is 17.8 Å². The molecule has 0 rings (SSSR count). The summed E-state index contributed by atoms with van der Waals surface area (Å²) in [5.41, 5.74) is 0. The van der Waals surface area contributed by atoms with Crippen LogP contribution in [-0.4, -0.2) is 96.7 Å². The lowest BCUT2D eigenvalue weighted by Gasteiger charge is -2.21. The lowest BCUT2D eigenvalue weighted by atomic mass is 10.00. The van der Waals surface area contributed by atoms with Gasteiger partial charge in [-0.05, 0) is 43.4 Å². The zero-order chi connectivity index (χ0) is 73.7. The van der Waals surface area contributed by atoms with Gasteiger partial charge in [0.1, 0.15) is 19.3 Å². The Kier molecular flexibility index (Phi) is 69.9. The summed E-state index contributed by atoms with van der Waals surface area (Å²) in [7, 11) is -9.92. The van der Waals surface area contributed by atoms with E-state index in [1.54, 1.807) is 0 Å². The Morgan fingerprint density at radius 1 is 0.290 bits per heavy atom. The Balaban J connectivity index is 5.24. The van der Waals surface area contributed by atoms with E-state index in [2.05, 4.69) is 48.5 Å². The first-order valence-electron chi connectivity index (χ1n) is 41.9. The minimum Gasteiger partial charge on any atom is -0.462 e. The van der Waals surface area contributed by atoms with Gasteiger partial charge in [-0.3, -0.25) is 37.3 Å². The van der Waals surface area contributed by atoms with Crippen LogP contribution in [0.4, 0.5) is 0 Å². The van der Waals surface area contributed by atoms with E-state index in [1.165, 1.54) is 225 Å². The first-order chi connectivity index (χ1) is 48.3. The number of ether oxygens (including phenoxy) is 4. The molecule has 0 aliphatic carbocycles. The predicted octanol–water partition coefficient (Wildman–Crippen LogP) is 24.1. The van der Waals surface area contributed by atoms with E-state index in [9.17, 15) is 43.2 Å². The number of aliphatic hydroxyl groups is 1. The molecule has 594 valence electrons. The molecule has 100 heavy (non-hydrogen) atoms. The van der Waals surface area contributed by atoms with Crippen LogP contribution < -0.4 is 0 Å². The zero-order valence-electron chi connectivity index (χ0n) is 65.7. The third-order valence-electron chi connectivity index (χ3n) is 19.2. The Bertz CT molecular complexity index is 1940. The molecule has 0 amide bonds. The number of hydrogen-bond acceptors (Lipinski definition) is 15. The summed E-state index contributed by atoms with van der Waals surface area (Å²) in [5.74, 6) is 0.187. The molecule has 17 nitrogen and oxygen atoms in total. The Morgan fingerprint density at radius 2 is 0.510 bits per heavy atom. The van der Waals surface area contributed by atoms with Gasteiger partial charge < -0.3 is 33.8 Å². The van der Waals surface area contributed by atoms with Gasteiger partial charge in [0.25, 0.3) is 0 Å². The number of aliphatic hydroxyl groups excluding tert-OH is 1. The van der Waals surface area contributed by atoms with Gasteiger partial charge in [-0.1, -0.05) is 370 Å². The lowest BCUT2D eigenvalue weighted by Crippen LogP contribution is -2.30. The lowest BCUT2D eigenvalue weighted by molar-refractivity contribution is -0.161. The highest BCUT2D eigenvalue weighted by atomic mass is 31.2. The van der Waals surface area contributed by atoms with Gasteiger partial charge in [-0.25, -0.2) is 9.13 Å². The van der Waals surface area contributed by atoms with Crippen molar-refractivity contribution < 1.29 is 80.2 Å². The maximum absolute atomic E-state index is 13.1.